The molecule has 13 heavy (non-hydrogen) atoms. The van der Waals surface area contributed by atoms with Crippen molar-refractivity contribution >= 4 is 16.7 Å². The van der Waals surface area contributed by atoms with E-state index in [0.717, 1.165) is 10.9 Å². The first-order valence-electron chi connectivity index (χ1n) is 3.97. The van der Waals surface area contributed by atoms with Crippen LogP contribution < -0.4 is 11.4 Å². The number of fused-ring (bicyclic) bond motifs is 1. The Labute approximate surface area is 74.8 Å². The zero-order valence-corrected chi connectivity index (χ0v) is 7.20. The second kappa shape index (κ2) is 2.62. The molecule has 0 aliphatic rings. The molecule has 0 unspecified atom stereocenters. The van der Waals surface area contributed by atoms with Crippen LogP contribution in [0.3, 0.4) is 0 Å². The van der Waals surface area contributed by atoms with Gasteiger partial charge in [-0.2, -0.15) is 0 Å². The van der Waals surface area contributed by atoms with Crippen molar-refractivity contribution in [3.63, 3.8) is 0 Å². The summed E-state index contributed by atoms with van der Waals surface area (Å²) in [5.41, 5.74) is 7.35. The number of nitrogen functional groups attached to an aromatic ring is 1. The maximum absolute atomic E-state index is 10.9. The van der Waals surface area contributed by atoms with Crippen LogP contribution in [0.15, 0.2) is 33.5 Å². The summed E-state index contributed by atoms with van der Waals surface area (Å²) in [6.45, 7) is 1.96. The summed E-state index contributed by atoms with van der Waals surface area (Å²) >= 11 is 0. The number of benzene rings is 1. The van der Waals surface area contributed by atoms with Crippen LogP contribution in [0, 0.1) is 6.92 Å². The van der Waals surface area contributed by atoms with E-state index in [0.29, 0.717) is 11.3 Å². The molecule has 0 bridgehead atoms. The molecule has 2 aromatic rings. The molecule has 0 amide bonds. The average molecular weight is 175 g/mol. The van der Waals surface area contributed by atoms with Crippen LogP contribution in [0.25, 0.3) is 11.0 Å². The largest absolute Gasteiger partial charge is 0.423 e. The molecule has 3 heteroatoms. The van der Waals surface area contributed by atoms with Crippen LogP contribution in [0.5, 0.6) is 0 Å². The lowest BCUT2D eigenvalue weighted by atomic mass is 10.1. The number of hydrogen-bond acceptors (Lipinski definition) is 3. The van der Waals surface area contributed by atoms with Gasteiger partial charge in [0.2, 0.25) is 0 Å². The topological polar surface area (TPSA) is 56.2 Å². The molecule has 0 atom stereocenters. The lowest BCUT2D eigenvalue weighted by Crippen LogP contribution is -2.00. The lowest BCUT2D eigenvalue weighted by molar-refractivity contribution is 0.561. The van der Waals surface area contributed by atoms with E-state index in [1.807, 2.05) is 19.1 Å². The third-order valence-electron chi connectivity index (χ3n) is 1.93. The van der Waals surface area contributed by atoms with Crippen LogP contribution in [0.4, 0.5) is 5.69 Å². The van der Waals surface area contributed by atoms with Crippen LogP contribution >= 0.6 is 0 Å². The van der Waals surface area contributed by atoms with E-state index in [-0.39, 0.29) is 0 Å². The van der Waals surface area contributed by atoms with Crippen LogP contribution in [0.2, 0.25) is 0 Å². The van der Waals surface area contributed by atoms with Gasteiger partial charge in [-0.1, -0.05) is 11.6 Å². The van der Waals surface area contributed by atoms with Gasteiger partial charge in [-0.25, -0.2) is 4.79 Å². The second-order valence-electron chi connectivity index (χ2n) is 3.02. The standard InChI is InChI=1S/C10H9NO2/c1-6-2-3-9-7(4-6)8(11)5-10(12)13-9/h2-5H,11H2,1H3. The Morgan fingerprint density at radius 2 is 2.08 bits per heavy atom. The van der Waals surface area contributed by atoms with Gasteiger partial charge in [0, 0.05) is 17.1 Å². The summed E-state index contributed by atoms with van der Waals surface area (Å²) in [6, 6.07) is 6.82. The predicted octanol–water partition coefficient (Wildman–Crippen LogP) is 1.68. The first-order chi connectivity index (χ1) is 6.16. The monoisotopic (exact) mass is 175 g/mol. The highest BCUT2D eigenvalue weighted by atomic mass is 16.4. The molecule has 0 radical (unpaired) electrons. The number of aryl methyl sites for hydroxylation is 1. The molecule has 0 spiro atoms. The highest BCUT2D eigenvalue weighted by molar-refractivity contribution is 5.88. The molecule has 0 aliphatic carbocycles. The number of rotatable bonds is 0. The molecule has 3 nitrogen and oxygen atoms in total. The van der Waals surface area contributed by atoms with Gasteiger partial charge < -0.3 is 10.2 Å². The van der Waals surface area contributed by atoms with Crippen molar-refractivity contribution < 1.29 is 4.42 Å². The van der Waals surface area contributed by atoms with Gasteiger partial charge in [-0.05, 0) is 19.1 Å². The van der Waals surface area contributed by atoms with Crippen LogP contribution in [-0.2, 0) is 0 Å². The molecular formula is C10H9NO2. The number of anilines is 1. The van der Waals surface area contributed by atoms with Gasteiger partial charge in [0.25, 0.3) is 0 Å². The van der Waals surface area contributed by atoms with Gasteiger partial charge in [0.05, 0.1) is 0 Å². The maximum Gasteiger partial charge on any atom is 0.338 e. The Kier molecular flexibility index (Phi) is 1.59. The van der Waals surface area contributed by atoms with Crippen LogP contribution in [0.1, 0.15) is 5.56 Å². The van der Waals surface area contributed by atoms with Gasteiger partial charge in [0.15, 0.2) is 0 Å². The van der Waals surface area contributed by atoms with Gasteiger partial charge in [-0.3, -0.25) is 0 Å². The molecule has 0 saturated carbocycles. The predicted molar refractivity (Wildman–Crippen MR) is 51.6 cm³/mol. The van der Waals surface area contributed by atoms with Crippen molar-refractivity contribution in [2.45, 2.75) is 6.92 Å². The minimum atomic E-state index is -0.408. The number of hydrogen-bond donors (Lipinski definition) is 1. The van der Waals surface area contributed by atoms with Crippen molar-refractivity contribution in [3.8, 4) is 0 Å². The van der Waals surface area contributed by atoms with Crippen molar-refractivity contribution in [2.24, 2.45) is 0 Å². The Morgan fingerprint density at radius 1 is 1.31 bits per heavy atom. The molecule has 0 fully saturated rings. The molecule has 2 N–H and O–H groups in total. The van der Waals surface area contributed by atoms with E-state index < -0.39 is 5.63 Å². The minimum Gasteiger partial charge on any atom is -0.423 e. The van der Waals surface area contributed by atoms with E-state index >= 15 is 0 Å². The Hall–Kier alpha value is -1.77. The highest BCUT2D eigenvalue weighted by Gasteiger charge is 2.01. The molecule has 1 aromatic carbocycles. The highest BCUT2D eigenvalue weighted by Crippen LogP contribution is 2.19. The smallest absolute Gasteiger partial charge is 0.338 e. The lowest BCUT2D eigenvalue weighted by Gasteiger charge is -2.00. The Balaban J connectivity index is 2.95. The van der Waals surface area contributed by atoms with E-state index in [1.165, 1.54) is 6.07 Å². The first kappa shape index (κ1) is 7.86. The van der Waals surface area contributed by atoms with Crippen molar-refractivity contribution in [1.82, 2.24) is 0 Å². The van der Waals surface area contributed by atoms with Gasteiger partial charge >= 0.3 is 5.63 Å². The molecule has 0 saturated heterocycles. The fraction of sp³-hybridized carbons (Fsp3) is 0.100. The number of nitrogens with two attached hydrogens (primary N) is 1. The molecular weight excluding hydrogens is 166 g/mol. The van der Waals surface area contributed by atoms with E-state index in [1.54, 1.807) is 6.07 Å². The summed E-state index contributed by atoms with van der Waals surface area (Å²) in [6.07, 6.45) is 0. The SMILES string of the molecule is Cc1ccc2oc(=O)cc(N)c2c1. The average Bonchev–Trinajstić information content (AvgIpc) is 2.06. The quantitative estimate of drug-likeness (QED) is 0.620. The third kappa shape index (κ3) is 1.28. The molecule has 2 rings (SSSR count). The summed E-state index contributed by atoms with van der Waals surface area (Å²) in [7, 11) is 0. The van der Waals surface area contributed by atoms with Crippen molar-refractivity contribution in [3.05, 3.63) is 40.2 Å². The molecule has 0 aliphatic heterocycles. The summed E-state index contributed by atoms with van der Waals surface area (Å²) < 4.78 is 4.96. The third-order valence-corrected chi connectivity index (χ3v) is 1.93. The molecule has 66 valence electrons. The van der Waals surface area contributed by atoms with E-state index in [2.05, 4.69) is 0 Å². The van der Waals surface area contributed by atoms with Crippen molar-refractivity contribution in [2.75, 3.05) is 5.73 Å². The van der Waals surface area contributed by atoms with Crippen LogP contribution in [-0.4, -0.2) is 0 Å². The second-order valence-corrected chi connectivity index (χ2v) is 3.02. The Bertz CT molecular complexity index is 514. The van der Waals surface area contributed by atoms with Gasteiger partial charge in [-0.15, -0.1) is 0 Å². The summed E-state index contributed by atoms with van der Waals surface area (Å²) in [4.78, 5) is 10.9. The van der Waals surface area contributed by atoms with Crippen molar-refractivity contribution in [1.29, 1.82) is 0 Å². The van der Waals surface area contributed by atoms with Gasteiger partial charge in [0.1, 0.15) is 5.58 Å². The normalized spacial score (nSPS) is 10.5. The fourth-order valence-corrected chi connectivity index (χ4v) is 1.30. The van der Waals surface area contributed by atoms with E-state index in [9.17, 15) is 4.79 Å². The molecule has 1 heterocycles. The molecule has 1 aromatic heterocycles. The first-order valence-corrected chi connectivity index (χ1v) is 3.97. The minimum absolute atomic E-state index is 0.408. The maximum atomic E-state index is 10.9. The zero-order chi connectivity index (χ0) is 9.42. The summed E-state index contributed by atoms with van der Waals surface area (Å²) in [5.74, 6) is 0. The Morgan fingerprint density at radius 3 is 2.85 bits per heavy atom. The summed E-state index contributed by atoms with van der Waals surface area (Å²) in [5, 5.41) is 0.791. The van der Waals surface area contributed by atoms with E-state index in [4.69, 9.17) is 10.2 Å². The fourth-order valence-electron chi connectivity index (χ4n) is 1.30. The zero-order valence-electron chi connectivity index (χ0n) is 7.20.